The lowest BCUT2D eigenvalue weighted by Crippen LogP contribution is -2.30. The maximum Gasteiger partial charge on any atom is 0.417 e. The Hall–Kier alpha value is -3.62. The predicted octanol–water partition coefficient (Wildman–Crippen LogP) is 3.89. The molecule has 0 atom stereocenters. The molecule has 156 valence electrons. The number of nitrogens with zero attached hydrogens (tertiary/aromatic N) is 1. The van der Waals surface area contributed by atoms with Gasteiger partial charge in [0.2, 0.25) is 5.91 Å². The number of alkyl halides is 2. The van der Waals surface area contributed by atoms with Crippen LogP contribution in [0.25, 0.3) is 11.1 Å². The van der Waals surface area contributed by atoms with Gasteiger partial charge >= 0.3 is 12.4 Å². The van der Waals surface area contributed by atoms with Crippen molar-refractivity contribution >= 4 is 28.4 Å². The number of fused-ring (bicyclic) bond motifs is 1. The third kappa shape index (κ3) is 4.68. The van der Waals surface area contributed by atoms with E-state index in [4.69, 9.17) is 4.42 Å². The van der Waals surface area contributed by atoms with Crippen LogP contribution in [0.15, 0.2) is 63.3 Å². The smallest absolute Gasteiger partial charge is 0.417 e. The highest BCUT2D eigenvalue weighted by molar-refractivity contribution is 6.00. The summed E-state index contributed by atoms with van der Waals surface area (Å²) in [6.07, 6.45) is 3.03. The van der Waals surface area contributed by atoms with Crippen LogP contribution >= 0.6 is 0 Å². The minimum atomic E-state index is -2.84. The Balaban J connectivity index is 1.33. The van der Waals surface area contributed by atoms with Crippen molar-refractivity contribution in [2.24, 2.45) is 0 Å². The van der Waals surface area contributed by atoms with Gasteiger partial charge in [-0.1, -0.05) is 5.57 Å². The number of nitrogens with one attached hydrogen (secondary N) is 2. The zero-order valence-electron chi connectivity index (χ0n) is 15.9. The number of rotatable bonds is 5. The van der Waals surface area contributed by atoms with Gasteiger partial charge in [-0.3, -0.25) is 9.78 Å². The number of hydrogen-bond acceptors (Lipinski definition) is 5. The topological polar surface area (TPSA) is 87.6 Å². The number of aromatic nitrogens is 1. The van der Waals surface area contributed by atoms with Gasteiger partial charge in [-0.05, 0) is 49.2 Å². The molecule has 0 spiro atoms. The van der Waals surface area contributed by atoms with E-state index in [1.165, 1.54) is 12.1 Å². The van der Waals surface area contributed by atoms with Gasteiger partial charge in [0.25, 0.3) is 0 Å². The maximum absolute atomic E-state index is 12.3. The molecule has 4 rings (SSSR count). The molecule has 7 nitrogen and oxygen atoms in total. The number of amides is 1. The lowest BCUT2D eigenvalue weighted by atomic mass is 10.0. The number of carbonyl (C=O) groups is 1. The molecule has 2 N–H and O–H groups in total. The van der Waals surface area contributed by atoms with Crippen LogP contribution in [0, 0.1) is 0 Å². The highest BCUT2D eigenvalue weighted by Crippen LogP contribution is 2.25. The second-order valence-corrected chi connectivity index (χ2v) is 6.88. The molecule has 9 heteroatoms. The number of H-pyrrole nitrogens is 1. The molecule has 0 saturated carbocycles. The van der Waals surface area contributed by atoms with Crippen molar-refractivity contribution in [2.75, 3.05) is 23.3 Å². The van der Waals surface area contributed by atoms with Crippen molar-refractivity contribution in [3.63, 3.8) is 0 Å². The standard InChI is InChI=1S/C21H19F2N3O4/c22-20(23)29-16-4-2-15(3-5-16)26-9-7-13(8-10-26)11-19(27)24-14-1-6-17-18(12-14)30-21(28)25-17/h1-6,11-12,20H,7-10H2,(H,24,27)(H,25,28). The molecule has 0 radical (unpaired) electrons. The Kier molecular flexibility index (Phi) is 5.51. The molecule has 1 saturated heterocycles. The van der Waals surface area contributed by atoms with E-state index in [-0.39, 0.29) is 11.7 Å². The van der Waals surface area contributed by atoms with Crippen LogP contribution in [0.1, 0.15) is 12.8 Å². The summed E-state index contributed by atoms with van der Waals surface area (Å²) in [5.74, 6) is -0.664. The van der Waals surface area contributed by atoms with E-state index in [1.54, 1.807) is 36.4 Å². The first-order valence-corrected chi connectivity index (χ1v) is 9.39. The molecule has 0 bridgehead atoms. The molecular formula is C21H19F2N3O4. The Bertz CT molecular complexity index is 1130. The van der Waals surface area contributed by atoms with Gasteiger partial charge in [-0.2, -0.15) is 8.78 Å². The molecular weight excluding hydrogens is 396 g/mol. The van der Waals surface area contributed by atoms with E-state index in [2.05, 4.69) is 19.9 Å². The van der Waals surface area contributed by atoms with Gasteiger partial charge < -0.3 is 19.4 Å². The summed E-state index contributed by atoms with van der Waals surface area (Å²) in [5.41, 5.74) is 3.42. The van der Waals surface area contributed by atoms with Gasteiger partial charge in [0.1, 0.15) is 5.75 Å². The van der Waals surface area contributed by atoms with E-state index in [1.807, 2.05) is 0 Å². The van der Waals surface area contributed by atoms with Crippen molar-refractivity contribution < 1.29 is 22.7 Å². The molecule has 1 fully saturated rings. The lowest BCUT2D eigenvalue weighted by molar-refractivity contribution is -0.112. The van der Waals surface area contributed by atoms with Crippen LogP contribution in [0.2, 0.25) is 0 Å². The molecule has 0 unspecified atom stereocenters. The summed E-state index contributed by atoms with van der Waals surface area (Å²) in [7, 11) is 0. The third-order valence-corrected chi connectivity index (χ3v) is 4.86. The lowest BCUT2D eigenvalue weighted by Gasteiger charge is -2.30. The van der Waals surface area contributed by atoms with Crippen molar-refractivity contribution in [1.29, 1.82) is 0 Å². The van der Waals surface area contributed by atoms with Gasteiger partial charge in [0.05, 0.1) is 5.52 Å². The van der Waals surface area contributed by atoms with E-state index >= 15 is 0 Å². The number of halogens is 2. The minimum absolute atomic E-state index is 0.125. The number of anilines is 2. The summed E-state index contributed by atoms with van der Waals surface area (Å²) in [4.78, 5) is 28.2. The van der Waals surface area contributed by atoms with Crippen LogP contribution < -0.4 is 20.7 Å². The van der Waals surface area contributed by atoms with Crippen molar-refractivity contribution in [3.8, 4) is 5.75 Å². The van der Waals surface area contributed by atoms with Gasteiger partial charge in [0, 0.05) is 36.6 Å². The Morgan fingerprint density at radius 3 is 2.60 bits per heavy atom. The number of carbonyl (C=O) groups excluding carboxylic acids is 1. The quantitative estimate of drug-likeness (QED) is 0.618. The Morgan fingerprint density at radius 2 is 1.90 bits per heavy atom. The molecule has 1 amide bonds. The molecule has 1 aliphatic rings. The maximum atomic E-state index is 12.3. The summed E-state index contributed by atoms with van der Waals surface area (Å²) in [6, 6.07) is 11.5. The largest absolute Gasteiger partial charge is 0.435 e. The van der Waals surface area contributed by atoms with Crippen LogP contribution in [-0.4, -0.2) is 30.6 Å². The average Bonchev–Trinajstić information content (AvgIpc) is 3.08. The van der Waals surface area contributed by atoms with Gasteiger partial charge in [-0.15, -0.1) is 0 Å². The minimum Gasteiger partial charge on any atom is -0.435 e. The molecule has 1 aromatic heterocycles. The van der Waals surface area contributed by atoms with Crippen molar-refractivity contribution in [1.82, 2.24) is 4.98 Å². The zero-order valence-corrected chi connectivity index (χ0v) is 15.9. The Morgan fingerprint density at radius 1 is 1.17 bits per heavy atom. The summed E-state index contributed by atoms with van der Waals surface area (Å²) < 4.78 is 33.8. The van der Waals surface area contributed by atoms with E-state index in [0.717, 1.165) is 11.3 Å². The molecule has 2 aromatic carbocycles. The molecule has 1 aliphatic heterocycles. The summed E-state index contributed by atoms with van der Waals surface area (Å²) in [6.45, 7) is -1.41. The normalized spacial score (nSPS) is 14.2. The van der Waals surface area contributed by atoms with Gasteiger partial charge in [0.15, 0.2) is 5.58 Å². The molecule has 3 aromatic rings. The van der Waals surface area contributed by atoms with Gasteiger partial charge in [-0.25, -0.2) is 4.79 Å². The number of piperidine rings is 1. The first-order chi connectivity index (χ1) is 14.5. The summed E-state index contributed by atoms with van der Waals surface area (Å²) >= 11 is 0. The fourth-order valence-electron chi connectivity index (χ4n) is 3.42. The second kappa shape index (κ2) is 8.40. The monoisotopic (exact) mass is 415 g/mol. The summed E-state index contributed by atoms with van der Waals surface area (Å²) in [5, 5.41) is 2.78. The first-order valence-electron chi connectivity index (χ1n) is 9.39. The number of ether oxygens (including phenoxy) is 1. The van der Waals surface area contributed by atoms with Crippen LogP contribution in [0.3, 0.4) is 0 Å². The number of oxazole rings is 1. The van der Waals surface area contributed by atoms with E-state index in [9.17, 15) is 18.4 Å². The highest BCUT2D eigenvalue weighted by Gasteiger charge is 2.16. The molecule has 0 aliphatic carbocycles. The zero-order chi connectivity index (χ0) is 21.1. The SMILES string of the molecule is O=C(C=C1CCN(c2ccc(OC(F)F)cc2)CC1)Nc1ccc2[nH]c(=O)oc2c1. The third-order valence-electron chi connectivity index (χ3n) is 4.86. The first kappa shape index (κ1) is 19.7. The molecule has 2 heterocycles. The Labute approximate surface area is 169 Å². The molecule has 30 heavy (non-hydrogen) atoms. The number of aromatic amines is 1. The van der Waals surface area contributed by atoms with E-state index < -0.39 is 12.4 Å². The average molecular weight is 415 g/mol. The van der Waals surface area contributed by atoms with Crippen LogP contribution in [0.4, 0.5) is 20.2 Å². The highest BCUT2D eigenvalue weighted by atomic mass is 19.3. The van der Waals surface area contributed by atoms with Crippen molar-refractivity contribution in [2.45, 2.75) is 19.5 Å². The second-order valence-electron chi connectivity index (χ2n) is 6.88. The van der Waals surface area contributed by atoms with E-state index in [0.29, 0.717) is 42.7 Å². The van der Waals surface area contributed by atoms with Crippen LogP contribution in [0.5, 0.6) is 5.75 Å². The fraction of sp³-hybridized carbons (Fsp3) is 0.238. The fourth-order valence-corrected chi connectivity index (χ4v) is 3.42. The van der Waals surface area contributed by atoms with Crippen molar-refractivity contribution in [3.05, 3.63) is 64.7 Å². The van der Waals surface area contributed by atoms with Crippen LogP contribution in [-0.2, 0) is 4.79 Å². The number of benzene rings is 2. The predicted molar refractivity (Wildman–Crippen MR) is 108 cm³/mol. The number of hydrogen-bond donors (Lipinski definition) is 2.